The minimum Gasteiger partial charge on any atom is -0.480 e. The summed E-state index contributed by atoms with van der Waals surface area (Å²) in [5.41, 5.74) is 0.966. The molecule has 0 heterocycles. The van der Waals surface area contributed by atoms with Crippen LogP contribution in [-0.4, -0.2) is 29.1 Å². The van der Waals surface area contributed by atoms with Crippen LogP contribution in [0, 0.1) is 5.82 Å². The Morgan fingerprint density at radius 2 is 1.89 bits per heavy atom. The first-order valence-electron chi connectivity index (χ1n) is 6.29. The molecule has 1 aromatic rings. The van der Waals surface area contributed by atoms with Crippen LogP contribution < -0.4 is 0 Å². The van der Waals surface area contributed by atoms with E-state index >= 15 is 0 Å². The first-order chi connectivity index (χ1) is 8.58. The van der Waals surface area contributed by atoms with Crippen molar-refractivity contribution in [3.8, 4) is 0 Å². The van der Waals surface area contributed by atoms with E-state index in [1.54, 1.807) is 12.1 Å². The van der Waals surface area contributed by atoms with Crippen LogP contribution in [0.5, 0.6) is 0 Å². The fourth-order valence-corrected chi connectivity index (χ4v) is 2.20. The van der Waals surface area contributed by atoms with Gasteiger partial charge in [0.25, 0.3) is 0 Å². The van der Waals surface area contributed by atoms with Gasteiger partial charge in [-0.2, -0.15) is 0 Å². The molecule has 3 nitrogen and oxygen atoms in total. The number of carbonyl (C=O) groups is 1. The second-order valence-electron chi connectivity index (χ2n) is 4.34. The number of rotatable bonds is 7. The van der Waals surface area contributed by atoms with E-state index < -0.39 is 5.97 Å². The van der Waals surface area contributed by atoms with E-state index in [-0.39, 0.29) is 30.8 Å². The fourth-order valence-electron chi connectivity index (χ4n) is 2.20. The zero-order chi connectivity index (χ0) is 13.5. The first-order valence-corrected chi connectivity index (χ1v) is 6.29. The number of halogens is 2. The highest BCUT2D eigenvalue weighted by Crippen LogP contribution is 2.24. The molecule has 1 atom stereocenters. The Balaban J connectivity index is 0.00000324. The van der Waals surface area contributed by atoms with Crippen LogP contribution in [0.15, 0.2) is 24.3 Å². The Morgan fingerprint density at radius 1 is 1.32 bits per heavy atom. The van der Waals surface area contributed by atoms with Gasteiger partial charge in [-0.15, -0.1) is 12.4 Å². The van der Waals surface area contributed by atoms with Gasteiger partial charge in [-0.1, -0.05) is 26.0 Å². The standard InChI is InChI=1S/C14H20FNO2.ClH/c1-3-9-16(10-14(17)18)13(4-2)11-5-7-12(15)8-6-11;/h5-8,13H,3-4,9-10H2,1-2H3,(H,17,18);1H. The lowest BCUT2D eigenvalue weighted by atomic mass is 10.0. The molecular weight excluding hydrogens is 269 g/mol. The smallest absolute Gasteiger partial charge is 0.317 e. The summed E-state index contributed by atoms with van der Waals surface area (Å²) >= 11 is 0. The van der Waals surface area contributed by atoms with E-state index in [1.165, 1.54) is 12.1 Å². The Bertz CT molecular complexity index is 384. The van der Waals surface area contributed by atoms with Gasteiger partial charge in [0.2, 0.25) is 0 Å². The van der Waals surface area contributed by atoms with Gasteiger partial charge >= 0.3 is 5.97 Å². The number of aliphatic carboxylic acids is 1. The average molecular weight is 290 g/mol. The molecule has 1 aromatic carbocycles. The molecule has 1 N–H and O–H groups in total. The molecule has 0 fully saturated rings. The van der Waals surface area contributed by atoms with E-state index in [4.69, 9.17) is 5.11 Å². The summed E-state index contributed by atoms with van der Waals surface area (Å²) in [5, 5.41) is 8.94. The van der Waals surface area contributed by atoms with Gasteiger partial charge in [-0.25, -0.2) is 4.39 Å². The highest BCUT2D eigenvalue weighted by atomic mass is 35.5. The zero-order valence-corrected chi connectivity index (χ0v) is 12.1. The van der Waals surface area contributed by atoms with Gasteiger partial charge in [0, 0.05) is 6.04 Å². The number of benzene rings is 1. The van der Waals surface area contributed by atoms with Crippen LogP contribution in [0.3, 0.4) is 0 Å². The summed E-state index contributed by atoms with van der Waals surface area (Å²) in [7, 11) is 0. The predicted octanol–water partition coefficient (Wildman–Crippen LogP) is 3.50. The molecule has 0 aliphatic carbocycles. The third-order valence-electron chi connectivity index (χ3n) is 2.93. The van der Waals surface area contributed by atoms with Crippen LogP contribution in [0.2, 0.25) is 0 Å². The van der Waals surface area contributed by atoms with Crippen LogP contribution >= 0.6 is 12.4 Å². The topological polar surface area (TPSA) is 40.5 Å². The summed E-state index contributed by atoms with van der Waals surface area (Å²) in [6.07, 6.45) is 1.70. The van der Waals surface area contributed by atoms with Gasteiger partial charge in [-0.3, -0.25) is 9.69 Å². The monoisotopic (exact) mass is 289 g/mol. The Kier molecular flexibility index (Phi) is 8.35. The van der Waals surface area contributed by atoms with Crippen molar-refractivity contribution in [2.75, 3.05) is 13.1 Å². The Morgan fingerprint density at radius 3 is 2.32 bits per heavy atom. The number of hydrogen-bond donors (Lipinski definition) is 1. The summed E-state index contributed by atoms with van der Waals surface area (Å²) in [6.45, 7) is 4.77. The normalized spacial score (nSPS) is 12.0. The van der Waals surface area contributed by atoms with E-state index in [9.17, 15) is 9.18 Å². The van der Waals surface area contributed by atoms with Crippen molar-refractivity contribution in [1.82, 2.24) is 4.90 Å². The second-order valence-corrected chi connectivity index (χ2v) is 4.34. The molecule has 0 aliphatic rings. The molecule has 0 radical (unpaired) electrons. The molecule has 0 aromatic heterocycles. The maximum Gasteiger partial charge on any atom is 0.317 e. The number of carboxylic acid groups (broad SMARTS) is 1. The molecule has 1 rings (SSSR count). The average Bonchev–Trinajstić information content (AvgIpc) is 2.32. The van der Waals surface area contributed by atoms with Gasteiger partial charge in [0.1, 0.15) is 5.82 Å². The van der Waals surface area contributed by atoms with Gasteiger partial charge in [0.05, 0.1) is 6.54 Å². The van der Waals surface area contributed by atoms with Crippen molar-refractivity contribution in [2.24, 2.45) is 0 Å². The quantitative estimate of drug-likeness (QED) is 0.835. The van der Waals surface area contributed by atoms with Crippen LogP contribution in [0.4, 0.5) is 4.39 Å². The van der Waals surface area contributed by atoms with E-state index in [1.807, 2.05) is 18.7 Å². The summed E-state index contributed by atoms with van der Waals surface area (Å²) in [4.78, 5) is 12.8. The minimum atomic E-state index is -0.830. The van der Waals surface area contributed by atoms with Gasteiger partial charge < -0.3 is 5.11 Å². The van der Waals surface area contributed by atoms with Crippen molar-refractivity contribution in [3.05, 3.63) is 35.6 Å². The summed E-state index contributed by atoms with van der Waals surface area (Å²) < 4.78 is 12.9. The summed E-state index contributed by atoms with van der Waals surface area (Å²) in [6, 6.07) is 6.33. The van der Waals surface area contributed by atoms with Crippen molar-refractivity contribution >= 4 is 18.4 Å². The molecule has 0 saturated carbocycles. The lowest BCUT2D eigenvalue weighted by Gasteiger charge is -2.29. The zero-order valence-electron chi connectivity index (χ0n) is 11.3. The van der Waals surface area contributed by atoms with E-state index in [0.29, 0.717) is 0 Å². The molecule has 19 heavy (non-hydrogen) atoms. The van der Waals surface area contributed by atoms with Crippen LogP contribution in [-0.2, 0) is 4.79 Å². The molecule has 5 heteroatoms. The molecule has 0 bridgehead atoms. The van der Waals surface area contributed by atoms with Crippen LogP contribution in [0.1, 0.15) is 38.3 Å². The van der Waals surface area contributed by atoms with Crippen molar-refractivity contribution < 1.29 is 14.3 Å². The molecule has 0 aliphatic heterocycles. The second kappa shape index (κ2) is 8.88. The predicted molar refractivity (Wildman–Crippen MR) is 76.2 cm³/mol. The minimum absolute atomic E-state index is 0. The van der Waals surface area contributed by atoms with E-state index in [0.717, 1.165) is 24.9 Å². The maximum absolute atomic E-state index is 12.9. The molecule has 0 saturated heterocycles. The van der Waals surface area contributed by atoms with E-state index in [2.05, 4.69) is 0 Å². The third-order valence-corrected chi connectivity index (χ3v) is 2.93. The highest BCUT2D eigenvalue weighted by Gasteiger charge is 2.20. The third kappa shape index (κ3) is 5.57. The highest BCUT2D eigenvalue weighted by molar-refractivity contribution is 5.85. The fraction of sp³-hybridized carbons (Fsp3) is 0.500. The van der Waals surface area contributed by atoms with Gasteiger partial charge in [-0.05, 0) is 37.1 Å². The molecular formula is C14H21ClFNO2. The molecule has 0 amide bonds. The van der Waals surface area contributed by atoms with Crippen molar-refractivity contribution in [2.45, 2.75) is 32.7 Å². The lowest BCUT2D eigenvalue weighted by Crippen LogP contribution is -2.34. The maximum atomic E-state index is 12.9. The molecule has 0 spiro atoms. The Hall–Kier alpha value is -1.13. The first kappa shape index (κ1) is 17.9. The van der Waals surface area contributed by atoms with Crippen LogP contribution in [0.25, 0.3) is 0 Å². The number of carboxylic acids is 1. The summed E-state index contributed by atoms with van der Waals surface area (Å²) in [5.74, 6) is -1.10. The Labute approximate surface area is 119 Å². The lowest BCUT2D eigenvalue weighted by molar-refractivity contribution is -0.139. The molecule has 108 valence electrons. The molecule has 1 unspecified atom stereocenters. The number of hydrogen-bond acceptors (Lipinski definition) is 2. The van der Waals surface area contributed by atoms with Crippen molar-refractivity contribution in [1.29, 1.82) is 0 Å². The number of nitrogens with zero attached hydrogens (tertiary/aromatic N) is 1. The van der Waals surface area contributed by atoms with Crippen molar-refractivity contribution in [3.63, 3.8) is 0 Å². The SMILES string of the molecule is CCCN(CC(=O)O)C(CC)c1ccc(F)cc1.Cl. The van der Waals surface area contributed by atoms with Gasteiger partial charge in [0.15, 0.2) is 0 Å². The largest absolute Gasteiger partial charge is 0.480 e.